The van der Waals surface area contributed by atoms with Crippen molar-refractivity contribution in [3.63, 3.8) is 0 Å². The molecule has 3 aromatic carbocycles. The first-order valence-electron chi connectivity index (χ1n) is 7.65. The van der Waals surface area contributed by atoms with E-state index in [1.54, 1.807) is 6.07 Å². The van der Waals surface area contributed by atoms with E-state index in [1.807, 2.05) is 54.6 Å². The molecule has 2 nitrogen and oxygen atoms in total. The average Bonchev–Trinajstić information content (AvgIpc) is 2.59. The van der Waals surface area contributed by atoms with Gasteiger partial charge in [0.05, 0.1) is 0 Å². The molecule has 24 heavy (non-hydrogen) atoms. The standard InChI is InChI=1S/C20H17Cl2NO/c21-17-10-18(22)12-19(11-17)23-13-16-8-4-5-9-20(16)24-14-15-6-2-1-3-7-15/h1-12,23H,13-14H2. The minimum atomic E-state index is 0.543. The molecule has 0 aromatic heterocycles. The summed E-state index contributed by atoms with van der Waals surface area (Å²) in [5, 5.41) is 4.55. The van der Waals surface area contributed by atoms with E-state index in [2.05, 4.69) is 17.4 Å². The highest BCUT2D eigenvalue weighted by Crippen LogP contribution is 2.25. The first kappa shape index (κ1) is 16.7. The fraction of sp³-hybridized carbons (Fsp3) is 0.100. The second kappa shape index (κ2) is 8.09. The molecule has 4 heteroatoms. The summed E-state index contributed by atoms with van der Waals surface area (Å²) in [6.45, 7) is 1.17. The highest BCUT2D eigenvalue weighted by atomic mass is 35.5. The van der Waals surface area contributed by atoms with E-state index in [0.717, 1.165) is 22.6 Å². The Kier molecular flexibility index (Phi) is 5.63. The largest absolute Gasteiger partial charge is 0.489 e. The summed E-state index contributed by atoms with van der Waals surface area (Å²) >= 11 is 12.1. The Labute approximate surface area is 152 Å². The van der Waals surface area contributed by atoms with Crippen molar-refractivity contribution >= 4 is 28.9 Å². The SMILES string of the molecule is Clc1cc(Cl)cc(NCc2ccccc2OCc2ccccc2)c1. The number of para-hydroxylation sites is 1. The summed E-state index contributed by atoms with van der Waals surface area (Å²) in [6.07, 6.45) is 0. The number of hydrogen-bond acceptors (Lipinski definition) is 2. The van der Waals surface area contributed by atoms with Crippen molar-refractivity contribution < 1.29 is 4.74 Å². The molecule has 0 unspecified atom stereocenters. The molecule has 3 rings (SSSR count). The Hall–Kier alpha value is -2.16. The van der Waals surface area contributed by atoms with Crippen LogP contribution in [0.3, 0.4) is 0 Å². The van der Waals surface area contributed by atoms with Crippen LogP contribution in [-0.2, 0) is 13.2 Å². The number of ether oxygens (including phenoxy) is 1. The van der Waals surface area contributed by atoms with E-state index in [4.69, 9.17) is 27.9 Å². The van der Waals surface area contributed by atoms with E-state index in [0.29, 0.717) is 23.2 Å². The first-order chi connectivity index (χ1) is 11.7. The third kappa shape index (κ3) is 4.67. The predicted octanol–water partition coefficient (Wildman–Crippen LogP) is 6.18. The molecule has 1 N–H and O–H groups in total. The zero-order valence-electron chi connectivity index (χ0n) is 13.0. The lowest BCUT2D eigenvalue weighted by molar-refractivity contribution is 0.303. The van der Waals surface area contributed by atoms with Gasteiger partial charge in [0.2, 0.25) is 0 Å². The first-order valence-corrected chi connectivity index (χ1v) is 8.41. The van der Waals surface area contributed by atoms with Gasteiger partial charge in [-0.25, -0.2) is 0 Å². The molecule has 0 amide bonds. The van der Waals surface area contributed by atoms with Gasteiger partial charge in [0.15, 0.2) is 0 Å². The van der Waals surface area contributed by atoms with Crippen molar-refractivity contribution in [1.29, 1.82) is 0 Å². The van der Waals surface area contributed by atoms with Gasteiger partial charge < -0.3 is 10.1 Å². The van der Waals surface area contributed by atoms with Crippen LogP contribution in [0.2, 0.25) is 10.0 Å². The van der Waals surface area contributed by atoms with Crippen LogP contribution in [-0.4, -0.2) is 0 Å². The Bertz CT molecular complexity index is 785. The van der Waals surface area contributed by atoms with Gasteiger partial charge in [-0.3, -0.25) is 0 Å². The molecule has 0 spiro atoms. The van der Waals surface area contributed by atoms with Crippen LogP contribution < -0.4 is 10.1 Å². The molecule has 0 aliphatic carbocycles. The maximum absolute atomic E-state index is 6.03. The van der Waals surface area contributed by atoms with Crippen LogP contribution in [0.1, 0.15) is 11.1 Å². The molecule has 0 aliphatic rings. The molecule has 0 saturated heterocycles. The van der Waals surface area contributed by atoms with Gasteiger partial charge in [0.1, 0.15) is 12.4 Å². The maximum Gasteiger partial charge on any atom is 0.124 e. The van der Waals surface area contributed by atoms with Gasteiger partial charge in [0, 0.05) is 27.8 Å². The van der Waals surface area contributed by atoms with Crippen molar-refractivity contribution in [1.82, 2.24) is 0 Å². The van der Waals surface area contributed by atoms with Gasteiger partial charge >= 0.3 is 0 Å². The smallest absolute Gasteiger partial charge is 0.124 e. The van der Waals surface area contributed by atoms with E-state index in [9.17, 15) is 0 Å². The fourth-order valence-corrected chi connectivity index (χ4v) is 2.91. The van der Waals surface area contributed by atoms with Crippen molar-refractivity contribution in [2.75, 3.05) is 5.32 Å². The van der Waals surface area contributed by atoms with E-state index >= 15 is 0 Å². The zero-order chi connectivity index (χ0) is 16.8. The number of benzene rings is 3. The minimum Gasteiger partial charge on any atom is -0.489 e. The van der Waals surface area contributed by atoms with Gasteiger partial charge in [-0.1, -0.05) is 71.7 Å². The highest BCUT2D eigenvalue weighted by molar-refractivity contribution is 6.35. The molecule has 3 aromatic rings. The van der Waals surface area contributed by atoms with Gasteiger partial charge in [-0.05, 0) is 29.8 Å². The van der Waals surface area contributed by atoms with E-state index < -0.39 is 0 Å². The Morgan fingerprint density at radius 3 is 2.21 bits per heavy atom. The van der Waals surface area contributed by atoms with Crippen LogP contribution in [0, 0.1) is 0 Å². The number of anilines is 1. The van der Waals surface area contributed by atoms with Crippen LogP contribution in [0.15, 0.2) is 72.8 Å². The van der Waals surface area contributed by atoms with E-state index in [-0.39, 0.29) is 0 Å². The molecule has 0 atom stereocenters. The average molecular weight is 358 g/mol. The number of nitrogens with one attached hydrogen (secondary N) is 1. The van der Waals surface area contributed by atoms with Gasteiger partial charge in [-0.2, -0.15) is 0 Å². The predicted molar refractivity (Wildman–Crippen MR) is 101 cm³/mol. The molecule has 0 radical (unpaired) electrons. The van der Waals surface area contributed by atoms with Crippen molar-refractivity contribution in [2.24, 2.45) is 0 Å². The number of rotatable bonds is 6. The summed E-state index contributed by atoms with van der Waals surface area (Å²) in [7, 11) is 0. The minimum absolute atomic E-state index is 0.543. The Balaban J connectivity index is 1.67. The quantitative estimate of drug-likeness (QED) is 0.568. The Morgan fingerprint density at radius 1 is 0.792 bits per heavy atom. The molecule has 122 valence electrons. The van der Waals surface area contributed by atoms with Crippen LogP contribution in [0.25, 0.3) is 0 Å². The molecule has 0 aliphatic heterocycles. The van der Waals surface area contributed by atoms with Crippen LogP contribution in [0.4, 0.5) is 5.69 Å². The molecule has 0 heterocycles. The second-order valence-electron chi connectivity index (χ2n) is 5.39. The lowest BCUT2D eigenvalue weighted by Gasteiger charge is -2.13. The molecular weight excluding hydrogens is 341 g/mol. The molecule has 0 saturated carbocycles. The summed E-state index contributed by atoms with van der Waals surface area (Å²) in [6, 6.07) is 23.5. The normalized spacial score (nSPS) is 10.4. The van der Waals surface area contributed by atoms with E-state index in [1.165, 1.54) is 0 Å². The molecule has 0 bridgehead atoms. The lowest BCUT2D eigenvalue weighted by atomic mass is 10.2. The zero-order valence-corrected chi connectivity index (χ0v) is 14.5. The third-order valence-corrected chi connectivity index (χ3v) is 3.99. The summed E-state index contributed by atoms with van der Waals surface area (Å²) in [5.74, 6) is 0.863. The lowest BCUT2D eigenvalue weighted by Crippen LogP contribution is -2.03. The van der Waals surface area contributed by atoms with Crippen molar-refractivity contribution in [3.05, 3.63) is 94.0 Å². The summed E-state index contributed by atoms with van der Waals surface area (Å²) in [5.41, 5.74) is 3.09. The summed E-state index contributed by atoms with van der Waals surface area (Å²) < 4.78 is 5.97. The number of hydrogen-bond donors (Lipinski definition) is 1. The van der Waals surface area contributed by atoms with Gasteiger partial charge in [-0.15, -0.1) is 0 Å². The summed E-state index contributed by atoms with van der Waals surface area (Å²) in [4.78, 5) is 0. The third-order valence-electron chi connectivity index (χ3n) is 3.56. The second-order valence-corrected chi connectivity index (χ2v) is 6.27. The topological polar surface area (TPSA) is 21.3 Å². The fourth-order valence-electron chi connectivity index (χ4n) is 2.38. The highest BCUT2D eigenvalue weighted by Gasteiger charge is 2.04. The Morgan fingerprint density at radius 2 is 1.46 bits per heavy atom. The van der Waals surface area contributed by atoms with Crippen molar-refractivity contribution in [2.45, 2.75) is 13.2 Å². The van der Waals surface area contributed by atoms with Crippen LogP contribution in [0.5, 0.6) is 5.75 Å². The maximum atomic E-state index is 6.03. The van der Waals surface area contributed by atoms with Crippen molar-refractivity contribution in [3.8, 4) is 5.75 Å². The van der Waals surface area contributed by atoms with Gasteiger partial charge in [0.25, 0.3) is 0 Å². The molecular formula is C20H17Cl2NO. The monoisotopic (exact) mass is 357 g/mol. The van der Waals surface area contributed by atoms with Crippen LogP contribution >= 0.6 is 23.2 Å². The molecule has 0 fully saturated rings. The number of halogens is 2.